The van der Waals surface area contributed by atoms with Gasteiger partial charge < -0.3 is 10.1 Å². The zero-order valence-corrected chi connectivity index (χ0v) is 20.2. The average molecular weight is 434 g/mol. The summed E-state index contributed by atoms with van der Waals surface area (Å²) in [5.41, 5.74) is 7.37. The highest BCUT2D eigenvalue weighted by molar-refractivity contribution is 5.93. The van der Waals surface area contributed by atoms with Crippen LogP contribution in [0.2, 0.25) is 0 Å². The molecule has 0 spiro atoms. The van der Waals surface area contributed by atoms with E-state index in [1.807, 2.05) is 13.1 Å². The molecule has 4 aliphatic carbocycles. The van der Waals surface area contributed by atoms with E-state index in [9.17, 15) is 4.79 Å². The van der Waals surface area contributed by atoms with Gasteiger partial charge in [-0.3, -0.25) is 4.79 Å². The Morgan fingerprint density at radius 3 is 2.66 bits per heavy atom. The standard InChI is InChI=1S/C29H39NO2/c1-5-14-32-26-13-12-25-27-18(2)15-20-16-22(31)10-11-23(20)28(27)24(17-29(25,26)3)19-6-8-21(30-4)9-7-19/h6-9,16,18,24-27,30H,5,10-15,17H2,1-4H3. The molecule has 32 heavy (non-hydrogen) atoms. The molecule has 0 aromatic heterocycles. The SMILES string of the molecule is CCCOC1CCC2C3C(=C4CCC(=O)C=C4CC3C)C(c3ccc(NC)cc3)CC12C. The molecule has 6 atom stereocenters. The Balaban J connectivity index is 1.63. The number of hydrogen-bond acceptors (Lipinski definition) is 3. The molecule has 2 saturated carbocycles. The van der Waals surface area contributed by atoms with Gasteiger partial charge in [-0.2, -0.15) is 0 Å². The Bertz CT molecular complexity index is 942. The van der Waals surface area contributed by atoms with E-state index in [-0.39, 0.29) is 5.41 Å². The molecule has 0 amide bonds. The molecule has 0 saturated heterocycles. The summed E-state index contributed by atoms with van der Waals surface area (Å²) in [4.78, 5) is 12.3. The number of anilines is 1. The quantitative estimate of drug-likeness (QED) is 0.563. The largest absolute Gasteiger partial charge is 0.388 e. The summed E-state index contributed by atoms with van der Waals surface area (Å²) in [5, 5.41) is 3.27. The van der Waals surface area contributed by atoms with Crippen LogP contribution in [0.25, 0.3) is 0 Å². The van der Waals surface area contributed by atoms with Gasteiger partial charge in [-0.25, -0.2) is 0 Å². The first-order valence-corrected chi connectivity index (χ1v) is 12.8. The molecule has 4 aliphatic rings. The van der Waals surface area contributed by atoms with Crippen LogP contribution in [-0.4, -0.2) is 25.5 Å². The molecule has 3 heteroatoms. The highest BCUT2D eigenvalue weighted by Gasteiger charge is 2.58. The van der Waals surface area contributed by atoms with Gasteiger partial charge >= 0.3 is 0 Å². The summed E-state index contributed by atoms with van der Waals surface area (Å²) in [6.07, 6.45) is 9.75. The first-order valence-electron chi connectivity index (χ1n) is 12.8. The molecule has 0 radical (unpaired) electrons. The Morgan fingerprint density at radius 1 is 1.16 bits per heavy atom. The molecular weight excluding hydrogens is 394 g/mol. The van der Waals surface area contributed by atoms with Crippen molar-refractivity contribution in [3.05, 3.63) is 52.6 Å². The second-order valence-electron chi connectivity index (χ2n) is 11.0. The minimum absolute atomic E-state index is 0.218. The lowest BCUT2D eigenvalue weighted by molar-refractivity contribution is -0.114. The molecule has 3 nitrogen and oxygen atoms in total. The van der Waals surface area contributed by atoms with Crippen molar-refractivity contribution in [3.63, 3.8) is 0 Å². The molecule has 0 bridgehead atoms. The van der Waals surface area contributed by atoms with E-state index in [1.54, 1.807) is 5.57 Å². The zero-order chi connectivity index (χ0) is 22.5. The molecule has 5 rings (SSSR count). The van der Waals surface area contributed by atoms with Crippen molar-refractivity contribution in [1.82, 2.24) is 0 Å². The first kappa shape index (κ1) is 21.9. The van der Waals surface area contributed by atoms with Gasteiger partial charge in [0.05, 0.1) is 6.10 Å². The van der Waals surface area contributed by atoms with Crippen LogP contribution in [0.4, 0.5) is 5.69 Å². The van der Waals surface area contributed by atoms with E-state index in [0.29, 0.717) is 42.0 Å². The second-order valence-corrected chi connectivity index (χ2v) is 11.0. The van der Waals surface area contributed by atoms with Crippen molar-refractivity contribution in [1.29, 1.82) is 0 Å². The fraction of sp³-hybridized carbons (Fsp3) is 0.621. The number of carbonyl (C=O) groups excluding carboxylic acids is 1. The average Bonchev–Trinajstić information content (AvgIpc) is 3.12. The third kappa shape index (κ3) is 3.48. The molecule has 1 N–H and O–H groups in total. The van der Waals surface area contributed by atoms with Crippen LogP contribution >= 0.6 is 0 Å². The number of fused-ring (bicyclic) bond motifs is 4. The fourth-order valence-electron chi connectivity index (χ4n) is 7.68. The van der Waals surface area contributed by atoms with Crippen molar-refractivity contribution < 1.29 is 9.53 Å². The summed E-state index contributed by atoms with van der Waals surface area (Å²) in [7, 11) is 1.98. The van der Waals surface area contributed by atoms with Crippen molar-refractivity contribution in [3.8, 4) is 0 Å². The lowest BCUT2D eigenvalue weighted by Gasteiger charge is -2.54. The van der Waals surface area contributed by atoms with Crippen LogP contribution in [0.5, 0.6) is 0 Å². The van der Waals surface area contributed by atoms with Crippen molar-refractivity contribution >= 4 is 11.5 Å². The number of nitrogens with one attached hydrogen (secondary N) is 1. The number of carbonyl (C=O) groups is 1. The van der Waals surface area contributed by atoms with E-state index in [2.05, 4.69) is 50.4 Å². The Labute approximate surface area is 193 Å². The maximum atomic E-state index is 12.3. The molecule has 2 fully saturated rings. The van der Waals surface area contributed by atoms with Crippen molar-refractivity contribution in [2.24, 2.45) is 23.2 Å². The number of hydrogen-bond donors (Lipinski definition) is 1. The lowest BCUT2D eigenvalue weighted by atomic mass is 9.51. The minimum atomic E-state index is 0.218. The Hall–Kier alpha value is -1.87. The van der Waals surface area contributed by atoms with Crippen LogP contribution in [0.15, 0.2) is 47.1 Å². The summed E-state index contributed by atoms with van der Waals surface area (Å²) in [6, 6.07) is 9.10. The van der Waals surface area contributed by atoms with Gasteiger partial charge in [-0.1, -0.05) is 38.5 Å². The fourth-order valence-corrected chi connectivity index (χ4v) is 7.68. The molecule has 0 heterocycles. The Morgan fingerprint density at radius 2 is 1.94 bits per heavy atom. The van der Waals surface area contributed by atoms with E-state index in [1.165, 1.54) is 29.6 Å². The zero-order valence-electron chi connectivity index (χ0n) is 20.2. The van der Waals surface area contributed by atoms with Gasteiger partial charge in [0.2, 0.25) is 0 Å². The lowest BCUT2D eigenvalue weighted by Crippen LogP contribution is -2.47. The van der Waals surface area contributed by atoms with Gasteiger partial charge in [0, 0.05) is 31.7 Å². The monoisotopic (exact) mass is 433 g/mol. The van der Waals surface area contributed by atoms with Crippen molar-refractivity contribution in [2.75, 3.05) is 19.0 Å². The van der Waals surface area contributed by atoms with Gasteiger partial charge in [-0.15, -0.1) is 0 Å². The number of rotatable bonds is 5. The van der Waals surface area contributed by atoms with E-state index >= 15 is 0 Å². The van der Waals surface area contributed by atoms with Crippen LogP contribution in [-0.2, 0) is 9.53 Å². The van der Waals surface area contributed by atoms with Crippen LogP contribution < -0.4 is 5.32 Å². The number of benzene rings is 1. The van der Waals surface area contributed by atoms with Crippen molar-refractivity contribution in [2.45, 2.75) is 77.7 Å². The van der Waals surface area contributed by atoms with Crippen LogP contribution in [0.3, 0.4) is 0 Å². The van der Waals surface area contributed by atoms with E-state index in [0.717, 1.165) is 38.0 Å². The van der Waals surface area contributed by atoms with Crippen LogP contribution in [0.1, 0.15) is 77.2 Å². The third-order valence-corrected chi connectivity index (χ3v) is 9.11. The Kier molecular flexibility index (Phi) is 5.82. The summed E-state index contributed by atoms with van der Waals surface area (Å²) in [5.74, 6) is 2.62. The van der Waals surface area contributed by atoms with Gasteiger partial charge in [0.25, 0.3) is 0 Å². The van der Waals surface area contributed by atoms with Gasteiger partial charge in [0.1, 0.15) is 0 Å². The van der Waals surface area contributed by atoms with E-state index in [4.69, 9.17) is 4.74 Å². The summed E-state index contributed by atoms with van der Waals surface area (Å²) in [6.45, 7) is 8.06. The smallest absolute Gasteiger partial charge is 0.156 e. The van der Waals surface area contributed by atoms with Gasteiger partial charge in [-0.05, 0) is 96.6 Å². The predicted octanol–water partition coefficient (Wildman–Crippen LogP) is 6.67. The predicted molar refractivity (Wildman–Crippen MR) is 131 cm³/mol. The molecule has 1 aromatic carbocycles. The molecular formula is C29H39NO2. The van der Waals surface area contributed by atoms with E-state index < -0.39 is 0 Å². The second kappa shape index (κ2) is 8.48. The topological polar surface area (TPSA) is 38.3 Å². The molecule has 0 aliphatic heterocycles. The number of ether oxygens (including phenoxy) is 1. The maximum absolute atomic E-state index is 12.3. The highest BCUT2D eigenvalue weighted by atomic mass is 16.5. The van der Waals surface area contributed by atoms with Gasteiger partial charge in [0.15, 0.2) is 5.78 Å². The normalized spacial score (nSPS) is 36.3. The number of ketones is 1. The summed E-state index contributed by atoms with van der Waals surface area (Å²) >= 11 is 0. The summed E-state index contributed by atoms with van der Waals surface area (Å²) < 4.78 is 6.50. The highest BCUT2D eigenvalue weighted by Crippen LogP contribution is 2.65. The number of allylic oxidation sites excluding steroid dienone is 4. The third-order valence-electron chi connectivity index (χ3n) is 9.11. The van der Waals surface area contributed by atoms with Crippen LogP contribution in [0, 0.1) is 23.2 Å². The maximum Gasteiger partial charge on any atom is 0.156 e. The molecule has 1 aromatic rings. The molecule has 172 valence electrons. The minimum Gasteiger partial charge on any atom is -0.388 e. The molecule has 6 unspecified atom stereocenters. The first-order chi connectivity index (χ1) is 15.5.